The van der Waals surface area contributed by atoms with Crippen LogP contribution >= 0.6 is 11.6 Å². The van der Waals surface area contributed by atoms with Gasteiger partial charge in [-0.3, -0.25) is 9.58 Å². The number of rotatable bonds is 12. The second kappa shape index (κ2) is 13.6. The van der Waals surface area contributed by atoms with E-state index in [9.17, 15) is 8.78 Å². The van der Waals surface area contributed by atoms with Crippen molar-refractivity contribution in [3.8, 4) is 22.8 Å². The Hall–Kier alpha value is -3.95. The monoisotopic (exact) mass is 670 g/mol. The summed E-state index contributed by atoms with van der Waals surface area (Å²) in [5.41, 5.74) is 2.11. The Balaban J connectivity index is 1.03. The summed E-state index contributed by atoms with van der Waals surface area (Å²) in [5, 5.41) is 19.5. The Labute approximate surface area is 275 Å². The number of ether oxygens (including phenoxy) is 3. The van der Waals surface area contributed by atoms with Crippen molar-refractivity contribution in [1.82, 2.24) is 44.9 Å². The molecule has 7 rings (SSSR count). The van der Waals surface area contributed by atoms with Gasteiger partial charge in [0.25, 0.3) is 11.8 Å². The van der Waals surface area contributed by atoms with Gasteiger partial charge in [0.2, 0.25) is 5.95 Å². The van der Waals surface area contributed by atoms with E-state index in [0.717, 1.165) is 63.1 Å². The lowest BCUT2D eigenvalue weighted by atomic mass is 9.90. The fourth-order valence-electron chi connectivity index (χ4n) is 6.23. The number of halogens is 3. The predicted molar refractivity (Wildman–Crippen MR) is 168 cm³/mol. The summed E-state index contributed by atoms with van der Waals surface area (Å²) in [6.07, 6.45) is 10.4. The minimum absolute atomic E-state index is 0.0996. The van der Waals surface area contributed by atoms with Gasteiger partial charge in [0.1, 0.15) is 23.9 Å². The van der Waals surface area contributed by atoms with E-state index in [1.165, 1.54) is 6.33 Å². The fraction of sp³-hybridized carbons (Fsp3) is 0.548. The molecule has 0 bridgehead atoms. The Morgan fingerprint density at radius 2 is 1.83 bits per heavy atom. The van der Waals surface area contributed by atoms with E-state index in [-0.39, 0.29) is 31.1 Å². The molecule has 47 heavy (non-hydrogen) atoms. The molecule has 1 aromatic carbocycles. The first-order valence-electron chi connectivity index (χ1n) is 16.0. The highest BCUT2D eigenvalue weighted by atomic mass is 35.5. The summed E-state index contributed by atoms with van der Waals surface area (Å²) >= 11 is 6.42. The van der Waals surface area contributed by atoms with Crippen molar-refractivity contribution in [2.45, 2.75) is 69.7 Å². The van der Waals surface area contributed by atoms with Crippen molar-refractivity contribution in [3.05, 3.63) is 48.1 Å². The summed E-state index contributed by atoms with van der Waals surface area (Å²) in [7, 11) is 0. The molecule has 2 atom stereocenters. The number of nitrogens with zero attached hydrogens (tertiary/aromatic N) is 9. The zero-order chi connectivity index (χ0) is 32.4. The van der Waals surface area contributed by atoms with Gasteiger partial charge in [-0.25, -0.2) is 23.4 Å². The molecule has 250 valence electrons. The molecule has 1 N–H and O–H groups in total. The summed E-state index contributed by atoms with van der Waals surface area (Å²) in [6, 6.07) is 6.20. The van der Waals surface area contributed by atoms with Gasteiger partial charge in [-0.1, -0.05) is 17.7 Å². The summed E-state index contributed by atoms with van der Waals surface area (Å²) in [6.45, 7) is 5.79. The van der Waals surface area contributed by atoms with Crippen molar-refractivity contribution >= 4 is 23.2 Å². The normalized spacial score (nSPS) is 23.3. The average Bonchev–Trinajstić information content (AvgIpc) is 3.40. The minimum Gasteiger partial charge on any atom is -0.487 e. The largest absolute Gasteiger partial charge is 0.487 e. The Kier molecular flexibility index (Phi) is 9.19. The van der Waals surface area contributed by atoms with E-state index >= 15 is 0 Å². The molecule has 1 saturated heterocycles. The first kappa shape index (κ1) is 31.6. The Bertz CT molecular complexity index is 1630. The van der Waals surface area contributed by atoms with E-state index in [4.69, 9.17) is 30.9 Å². The minimum atomic E-state index is -2.67. The highest BCUT2D eigenvalue weighted by Crippen LogP contribution is 2.49. The maximum absolute atomic E-state index is 13.6. The molecule has 13 nitrogen and oxygen atoms in total. The molecule has 3 aliphatic rings. The molecule has 1 aliphatic heterocycles. The van der Waals surface area contributed by atoms with Gasteiger partial charge < -0.3 is 19.5 Å². The SMILES string of the molecule is C[C@@H](Cn1cnnn1)Oc1cc(-c2cnc(Nc3cn([C@H]4CC[C@H](N5CCOCC5)CC4)nc3OC[C@@H]3CC3(F)F)nc2)ccc1Cl. The van der Waals surface area contributed by atoms with Crippen LogP contribution in [0.25, 0.3) is 11.1 Å². The van der Waals surface area contributed by atoms with Crippen LogP contribution in [0.1, 0.15) is 45.1 Å². The molecule has 16 heteroatoms. The van der Waals surface area contributed by atoms with Gasteiger partial charge >= 0.3 is 0 Å². The summed E-state index contributed by atoms with van der Waals surface area (Å²) in [4.78, 5) is 11.6. The lowest BCUT2D eigenvalue weighted by Gasteiger charge is -2.38. The van der Waals surface area contributed by atoms with Crippen LogP contribution in [0.3, 0.4) is 0 Å². The highest BCUT2D eigenvalue weighted by Gasteiger charge is 2.57. The van der Waals surface area contributed by atoms with E-state index in [1.807, 2.05) is 29.9 Å². The number of hydrogen-bond acceptors (Lipinski definition) is 11. The molecule has 4 aromatic rings. The van der Waals surface area contributed by atoms with Crippen LogP contribution in [0, 0.1) is 5.92 Å². The van der Waals surface area contributed by atoms with Gasteiger partial charge in [-0.15, -0.1) is 10.2 Å². The third-order valence-corrected chi connectivity index (χ3v) is 9.32. The Morgan fingerprint density at radius 3 is 2.53 bits per heavy atom. The van der Waals surface area contributed by atoms with Crippen molar-refractivity contribution in [2.75, 3.05) is 38.2 Å². The van der Waals surface area contributed by atoms with Gasteiger partial charge in [0.15, 0.2) is 0 Å². The molecular formula is C31H37ClF2N10O3. The van der Waals surface area contributed by atoms with Crippen LogP contribution in [0.15, 0.2) is 43.1 Å². The number of aromatic nitrogens is 8. The van der Waals surface area contributed by atoms with Crippen LogP contribution in [0.2, 0.25) is 5.02 Å². The standard InChI is InChI=1S/C31H37ClF2N10O3/c1-20(16-43-19-37-40-41-43)47-28-12-21(2-7-26(28)32)22-14-35-30(36-15-22)38-27-17-44(39-29(27)46-18-23-13-31(23,33)34)25-5-3-24(4-6-25)42-8-10-45-11-9-42/h2,7,12,14-15,17,19-20,23-25H,3-6,8-11,13,16,18H2,1H3,(H,35,36,38)/t20-,23-,24-,25-/m0/s1. The second-order valence-corrected chi connectivity index (χ2v) is 12.8. The smallest absolute Gasteiger partial charge is 0.256 e. The molecule has 3 fully saturated rings. The van der Waals surface area contributed by atoms with Crippen molar-refractivity contribution < 1.29 is 23.0 Å². The number of morpholine rings is 1. The van der Waals surface area contributed by atoms with Gasteiger partial charge in [0, 0.05) is 43.5 Å². The Morgan fingerprint density at radius 1 is 1.09 bits per heavy atom. The zero-order valence-electron chi connectivity index (χ0n) is 26.0. The molecule has 2 aliphatic carbocycles. The van der Waals surface area contributed by atoms with Crippen LogP contribution in [0.4, 0.5) is 20.4 Å². The first-order valence-corrected chi connectivity index (χ1v) is 16.4. The third kappa shape index (κ3) is 7.63. The lowest BCUT2D eigenvalue weighted by molar-refractivity contribution is 0.00502. The predicted octanol–water partition coefficient (Wildman–Crippen LogP) is 5.04. The number of hydrogen-bond donors (Lipinski definition) is 1. The number of tetrazole rings is 1. The molecular weight excluding hydrogens is 634 g/mol. The third-order valence-electron chi connectivity index (χ3n) is 9.00. The van der Waals surface area contributed by atoms with Gasteiger partial charge in [-0.05, 0) is 60.7 Å². The second-order valence-electron chi connectivity index (χ2n) is 12.4. The quantitative estimate of drug-likeness (QED) is 0.218. The summed E-state index contributed by atoms with van der Waals surface area (Å²) < 4.78 is 48.2. The number of anilines is 2. The maximum Gasteiger partial charge on any atom is 0.256 e. The van der Waals surface area contributed by atoms with Crippen LogP contribution in [0.5, 0.6) is 11.6 Å². The first-order chi connectivity index (χ1) is 22.8. The number of nitrogens with one attached hydrogen (secondary N) is 1. The van der Waals surface area contributed by atoms with E-state index in [0.29, 0.717) is 35.0 Å². The van der Waals surface area contributed by atoms with Gasteiger partial charge in [-0.2, -0.15) is 0 Å². The maximum atomic E-state index is 13.6. The topological polar surface area (TPSA) is 130 Å². The van der Waals surface area contributed by atoms with Crippen LogP contribution in [-0.2, 0) is 11.3 Å². The summed E-state index contributed by atoms with van der Waals surface area (Å²) in [5.74, 6) is -2.36. The zero-order valence-corrected chi connectivity index (χ0v) is 26.8. The van der Waals surface area contributed by atoms with E-state index < -0.39 is 11.8 Å². The van der Waals surface area contributed by atoms with Crippen molar-refractivity contribution in [1.29, 1.82) is 0 Å². The highest BCUT2D eigenvalue weighted by molar-refractivity contribution is 6.32. The van der Waals surface area contributed by atoms with Gasteiger partial charge in [0.05, 0.1) is 49.5 Å². The average molecular weight is 671 g/mol. The molecule has 0 spiro atoms. The van der Waals surface area contributed by atoms with Crippen molar-refractivity contribution in [3.63, 3.8) is 0 Å². The molecule has 3 aromatic heterocycles. The lowest BCUT2D eigenvalue weighted by Crippen LogP contribution is -2.45. The molecule has 0 unspecified atom stereocenters. The molecule has 4 heterocycles. The number of benzene rings is 1. The molecule has 2 saturated carbocycles. The van der Waals surface area contributed by atoms with Crippen LogP contribution < -0.4 is 14.8 Å². The van der Waals surface area contributed by atoms with E-state index in [1.54, 1.807) is 23.1 Å². The van der Waals surface area contributed by atoms with E-state index in [2.05, 4.69) is 35.7 Å². The van der Waals surface area contributed by atoms with Crippen LogP contribution in [-0.4, -0.2) is 95.8 Å². The molecule has 0 amide bonds. The molecule has 0 radical (unpaired) electrons. The fourth-order valence-corrected chi connectivity index (χ4v) is 6.39. The number of alkyl halides is 2. The van der Waals surface area contributed by atoms with Crippen molar-refractivity contribution in [2.24, 2.45) is 5.92 Å².